The van der Waals surface area contributed by atoms with Crippen molar-refractivity contribution in [3.8, 4) is 0 Å². The Labute approximate surface area is 151 Å². The summed E-state index contributed by atoms with van der Waals surface area (Å²) in [5.74, 6) is -0.850. The predicted molar refractivity (Wildman–Crippen MR) is 93.5 cm³/mol. The molecule has 0 aromatic rings. The van der Waals surface area contributed by atoms with E-state index >= 15 is 0 Å². The first-order valence-corrected chi connectivity index (χ1v) is 9.51. The summed E-state index contributed by atoms with van der Waals surface area (Å²) in [5.41, 5.74) is 5.20. The number of thioether (sulfide) groups is 1. The maximum absolute atomic E-state index is 11.9. The van der Waals surface area contributed by atoms with Crippen LogP contribution in [0, 0.1) is 0 Å². The molecule has 0 radical (unpaired) electrons. The molecule has 0 aromatic heterocycles. The van der Waals surface area contributed by atoms with E-state index in [4.69, 9.17) is 4.74 Å². The van der Waals surface area contributed by atoms with Crippen molar-refractivity contribution in [3.63, 3.8) is 0 Å². The van der Waals surface area contributed by atoms with Crippen LogP contribution < -0.4 is 16.2 Å². The lowest BCUT2D eigenvalue weighted by atomic mass is 10.3. The third kappa shape index (κ3) is 7.84. The van der Waals surface area contributed by atoms with Crippen molar-refractivity contribution in [2.24, 2.45) is 0 Å². The van der Waals surface area contributed by atoms with Gasteiger partial charge in [-0.2, -0.15) is 11.8 Å². The van der Waals surface area contributed by atoms with Crippen LogP contribution in [0.1, 0.15) is 26.2 Å². The Bertz CT molecular complexity index is 489. The normalized spacial score (nSPS) is 17.0. The Morgan fingerprint density at radius 3 is 2.64 bits per heavy atom. The molecular weight excluding hydrogens is 348 g/mol. The number of carbonyl (C=O) groups excluding carboxylic acids is 4. The molecule has 25 heavy (non-hydrogen) atoms. The summed E-state index contributed by atoms with van der Waals surface area (Å²) in [4.78, 5) is 47.8. The van der Waals surface area contributed by atoms with Crippen LogP contribution in [0.15, 0.2) is 0 Å². The molecule has 142 valence electrons. The first kappa shape index (κ1) is 21.4. The number of imide groups is 1. The quantitative estimate of drug-likeness (QED) is 0.229. The van der Waals surface area contributed by atoms with Crippen LogP contribution in [0.25, 0.3) is 0 Å². The highest BCUT2D eigenvalue weighted by molar-refractivity contribution is 8.00. The molecule has 0 aliphatic carbocycles. The van der Waals surface area contributed by atoms with E-state index in [0.29, 0.717) is 13.1 Å². The van der Waals surface area contributed by atoms with E-state index in [1.54, 1.807) is 6.26 Å². The highest BCUT2D eigenvalue weighted by Crippen LogP contribution is 2.22. The molecule has 1 unspecified atom stereocenters. The van der Waals surface area contributed by atoms with Gasteiger partial charge in [0.25, 0.3) is 0 Å². The van der Waals surface area contributed by atoms with Gasteiger partial charge in [-0.1, -0.05) is 6.92 Å². The van der Waals surface area contributed by atoms with Gasteiger partial charge in [-0.15, -0.1) is 0 Å². The molecule has 0 bridgehead atoms. The van der Waals surface area contributed by atoms with Gasteiger partial charge in [0.15, 0.2) is 0 Å². The lowest BCUT2D eigenvalue weighted by Crippen LogP contribution is -2.37. The summed E-state index contributed by atoms with van der Waals surface area (Å²) < 4.78 is 5.25. The van der Waals surface area contributed by atoms with E-state index in [2.05, 4.69) is 16.2 Å². The fraction of sp³-hybridized carbons (Fsp3) is 0.733. The Kier molecular flexibility index (Phi) is 10.1. The number of amides is 4. The molecule has 10 heteroatoms. The number of rotatable bonds is 12. The molecule has 1 aliphatic heterocycles. The molecule has 1 saturated heterocycles. The number of nitrogens with one attached hydrogen (secondary N) is 3. The molecule has 1 heterocycles. The maximum atomic E-state index is 11.9. The van der Waals surface area contributed by atoms with E-state index in [1.807, 2.05) is 6.92 Å². The topological polar surface area (TPSA) is 117 Å². The van der Waals surface area contributed by atoms with Crippen LogP contribution in [0.4, 0.5) is 0 Å². The van der Waals surface area contributed by atoms with Crippen molar-refractivity contribution < 1.29 is 23.9 Å². The minimum absolute atomic E-state index is 0.0731. The average Bonchev–Trinajstić information content (AvgIpc) is 2.87. The number of carbonyl (C=O) groups is 4. The molecule has 1 atom stereocenters. The van der Waals surface area contributed by atoms with Gasteiger partial charge in [0, 0.05) is 32.5 Å². The lowest BCUT2D eigenvalue weighted by Gasteiger charge is -2.14. The Morgan fingerprint density at radius 2 is 2.00 bits per heavy atom. The first-order chi connectivity index (χ1) is 12.0. The highest BCUT2D eigenvalue weighted by atomic mass is 32.2. The van der Waals surface area contributed by atoms with Crippen LogP contribution in [0.3, 0.4) is 0 Å². The minimum Gasteiger partial charge on any atom is -0.379 e. The van der Waals surface area contributed by atoms with Crippen LogP contribution in [-0.4, -0.2) is 72.9 Å². The summed E-state index contributed by atoms with van der Waals surface area (Å²) in [6, 6.07) is 0. The predicted octanol–water partition coefficient (Wildman–Crippen LogP) is -0.969. The smallest absolute Gasteiger partial charge is 0.242 e. The molecule has 3 N–H and O–H groups in total. The third-order valence-corrected chi connectivity index (χ3v) is 4.43. The van der Waals surface area contributed by atoms with Crippen LogP contribution in [0.2, 0.25) is 0 Å². The fourth-order valence-corrected chi connectivity index (χ4v) is 2.79. The average molecular weight is 374 g/mol. The standard InChI is InChI=1S/C15H26N4O5S/c1-3-17-18-13(21)5-8-24-9-6-16-12(20)4-7-19-14(22)10-11(25-2)15(19)23/h11,17H,3-10H2,1-2H3,(H,16,20)(H,18,21). The van der Waals surface area contributed by atoms with Gasteiger partial charge in [0.2, 0.25) is 23.6 Å². The van der Waals surface area contributed by atoms with E-state index in [9.17, 15) is 19.2 Å². The van der Waals surface area contributed by atoms with Crippen LogP contribution in [0.5, 0.6) is 0 Å². The second-order valence-corrected chi connectivity index (χ2v) is 6.39. The molecular formula is C15H26N4O5S. The van der Waals surface area contributed by atoms with E-state index in [-0.39, 0.29) is 67.9 Å². The molecule has 4 amide bonds. The van der Waals surface area contributed by atoms with Crippen molar-refractivity contribution in [2.45, 2.75) is 31.4 Å². The van der Waals surface area contributed by atoms with Crippen molar-refractivity contribution in [3.05, 3.63) is 0 Å². The number of hydrogen-bond donors (Lipinski definition) is 3. The molecule has 9 nitrogen and oxygen atoms in total. The van der Waals surface area contributed by atoms with E-state index in [1.165, 1.54) is 11.8 Å². The Balaban J connectivity index is 2.07. The summed E-state index contributed by atoms with van der Waals surface area (Å²) in [5, 5.41) is 2.33. The number of hydrazine groups is 1. The van der Waals surface area contributed by atoms with Crippen LogP contribution >= 0.6 is 11.8 Å². The summed E-state index contributed by atoms with van der Waals surface area (Å²) in [6.45, 7) is 3.48. The van der Waals surface area contributed by atoms with Gasteiger partial charge >= 0.3 is 0 Å². The van der Waals surface area contributed by atoms with Gasteiger partial charge in [0.05, 0.1) is 24.9 Å². The summed E-state index contributed by atoms with van der Waals surface area (Å²) in [6.07, 6.45) is 2.30. The zero-order valence-corrected chi connectivity index (χ0v) is 15.4. The van der Waals surface area contributed by atoms with Gasteiger partial charge in [-0.05, 0) is 6.26 Å². The summed E-state index contributed by atoms with van der Waals surface area (Å²) in [7, 11) is 0. The second-order valence-electron chi connectivity index (χ2n) is 5.35. The van der Waals surface area contributed by atoms with Crippen molar-refractivity contribution in [1.29, 1.82) is 0 Å². The van der Waals surface area contributed by atoms with Gasteiger partial charge in [0.1, 0.15) is 0 Å². The van der Waals surface area contributed by atoms with Crippen molar-refractivity contribution in [1.82, 2.24) is 21.1 Å². The largest absolute Gasteiger partial charge is 0.379 e. The third-order valence-electron chi connectivity index (χ3n) is 3.50. The maximum Gasteiger partial charge on any atom is 0.242 e. The molecule has 1 aliphatic rings. The Morgan fingerprint density at radius 1 is 1.24 bits per heavy atom. The second kappa shape index (κ2) is 11.8. The van der Waals surface area contributed by atoms with E-state index < -0.39 is 0 Å². The van der Waals surface area contributed by atoms with Gasteiger partial charge in [-0.25, -0.2) is 5.43 Å². The van der Waals surface area contributed by atoms with Crippen molar-refractivity contribution >= 4 is 35.4 Å². The number of nitrogens with zero attached hydrogens (tertiary/aromatic N) is 1. The van der Waals surface area contributed by atoms with Crippen LogP contribution in [-0.2, 0) is 23.9 Å². The van der Waals surface area contributed by atoms with E-state index in [0.717, 1.165) is 4.90 Å². The lowest BCUT2D eigenvalue weighted by molar-refractivity contribution is -0.138. The Hall–Kier alpha value is -1.65. The molecule has 0 aromatic carbocycles. The fourth-order valence-electron chi connectivity index (χ4n) is 2.15. The number of hydrogen-bond acceptors (Lipinski definition) is 7. The summed E-state index contributed by atoms with van der Waals surface area (Å²) >= 11 is 1.35. The minimum atomic E-state index is -0.325. The zero-order chi connectivity index (χ0) is 18.7. The monoisotopic (exact) mass is 374 g/mol. The molecule has 0 saturated carbocycles. The number of likely N-dealkylation sites (tertiary alicyclic amines) is 1. The number of ether oxygens (including phenoxy) is 1. The SMILES string of the molecule is CCNNC(=O)CCOCCNC(=O)CCN1C(=O)CC(SC)C1=O. The zero-order valence-electron chi connectivity index (χ0n) is 14.6. The highest BCUT2D eigenvalue weighted by Gasteiger charge is 2.37. The van der Waals surface area contributed by atoms with Crippen molar-refractivity contribution in [2.75, 3.05) is 39.1 Å². The van der Waals surface area contributed by atoms with Gasteiger partial charge in [-0.3, -0.25) is 29.5 Å². The molecule has 1 rings (SSSR count). The van der Waals surface area contributed by atoms with Gasteiger partial charge < -0.3 is 10.1 Å². The first-order valence-electron chi connectivity index (χ1n) is 8.22. The molecule has 0 spiro atoms. The molecule has 1 fully saturated rings.